The number of alkyl halides is 9. The van der Waals surface area contributed by atoms with Crippen LogP contribution in [0.2, 0.25) is 0 Å². The summed E-state index contributed by atoms with van der Waals surface area (Å²) in [6.07, 6.45) is -15.2. The molecule has 0 aromatic heterocycles. The standard InChI is InChI=1S/C25H25F9N2O2/c1-22(2,3)38-21(37)36-8-4-5-19(18-12-15(23(26,27)28)6-7-20(18)36)35-13-14-9-16(24(29,30)31)11-17(10-14)25(32,33)34/h6-7,9-12,19,35H,4-5,8,13H2,1-3H3. The molecule has 1 amide bonds. The maximum atomic E-state index is 13.5. The molecule has 0 saturated heterocycles. The predicted molar refractivity (Wildman–Crippen MR) is 120 cm³/mol. The quantitative estimate of drug-likeness (QED) is 0.389. The highest BCUT2D eigenvalue weighted by molar-refractivity contribution is 5.89. The van der Waals surface area contributed by atoms with Gasteiger partial charge in [0.15, 0.2) is 0 Å². The van der Waals surface area contributed by atoms with Gasteiger partial charge in [-0.1, -0.05) is 0 Å². The predicted octanol–water partition coefficient (Wildman–Crippen LogP) is 8.11. The van der Waals surface area contributed by atoms with Gasteiger partial charge in [-0.05, 0) is 81.1 Å². The fourth-order valence-electron chi connectivity index (χ4n) is 4.07. The van der Waals surface area contributed by atoms with Crippen molar-refractivity contribution in [3.05, 3.63) is 64.2 Å². The van der Waals surface area contributed by atoms with Crippen LogP contribution in [0.15, 0.2) is 36.4 Å². The van der Waals surface area contributed by atoms with Crippen LogP contribution in [0.25, 0.3) is 0 Å². The van der Waals surface area contributed by atoms with Gasteiger partial charge in [0, 0.05) is 19.1 Å². The van der Waals surface area contributed by atoms with E-state index in [1.54, 1.807) is 20.8 Å². The number of rotatable bonds is 3. The molecule has 2 aromatic carbocycles. The van der Waals surface area contributed by atoms with Crippen molar-refractivity contribution in [2.45, 2.75) is 70.3 Å². The number of nitrogens with zero attached hydrogens (tertiary/aromatic N) is 1. The Morgan fingerprint density at radius 3 is 1.92 bits per heavy atom. The van der Waals surface area contributed by atoms with Crippen LogP contribution in [0.4, 0.5) is 50.0 Å². The molecule has 0 spiro atoms. The topological polar surface area (TPSA) is 41.6 Å². The summed E-state index contributed by atoms with van der Waals surface area (Å²) in [5.41, 5.74) is -5.15. The van der Waals surface area contributed by atoms with Crippen LogP contribution in [-0.2, 0) is 29.8 Å². The number of ether oxygens (including phenoxy) is 1. The fraction of sp³-hybridized carbons (Fsp3) is 0.480. The number of nitrogens with one attached hydrogen (secondary N) is 1. The number of hydrogen-bond acceptors (Lipinski definition) is 3. The van der Waals surface area contributed by atoms with Gasteiger partial charge in [0.2, 0.25) is 0 Å². The van der Waals surface area contributed by atoms with Gasteiger partial charge in [-0.3, -0.25) is 4.90 Å². The minimum absolute atomic E-state index is 0.00122. The van der Waals surface area contributed by atoms with Gasteiger partial charge >= 0.3 is 24.6 Å². The number of anilines is 1. The van der Waals surface area contributed by atoms with Crippen LogP contribution in [0, 0.1) is 0 Å². The molecule has 2 aromatic rings. The molecule has 1 aliphatic rings. The summed E-state index contributed by atoms with van der Waals surface area (Å²) in [6.45, 7) is 4.42. The number of fused-ring (bicyclic) bond motifs is 1. The molecule has 0 saturated carbocycles. The first-order valence-corrected chi connectivity index (χ1v) is 11.5. The highest BCUT2D eigenvalue weighted by atomic mass is 19.4. The average molecular weight is 556 g/mol. The van der Waals surface area contributed by atoms with Crippen LogP contribution < -0.4 is 10.2 Å². The Hall–Kier alpha value is -2.96. The van der Waals surface area contributed by atoms with E-state index in [0.717, 1.165) is 18.2 Å². The molecule has 13 heteroatoms. The maximum Gasteiger partial charge on any atom is 0.416 e. The van der Waals surface area contributed by atoms with E-state index in [9.17, 15) is 44.3 Å². The zero-order chi connectivity index (χ0) is 28.7. The lowest BCUT2D eigenvalue weighted by atomic mass is 9.98. The molecule has 38 heavy (non-hydrogen) atoms. The zero-order valence-electron chi connectivity index (χ0n) is 20.5. The molecular formula is C25H25F9N2O2. The lowest BCUT2D eigenvalue weighted by Crippen LogP contribution is -2.37. The summed E-state index contributed by atoms with van der Waals surface area (Å²) in [5.74, 6) is 0. The highest BCUT2D eigenvalue weighted by Gasteiger charge is 2.38. The monoisotopic (exact) mass is 556 g/mol. The van der Waals surface area contributed by atoms with Crippen molar-refractivity contribution in [2.75, 3.05) is 11.4 Å². The summed E-state index contributed by atoms with van der Waals surface area (Å²) in [4.78, 5) is 14.0. The number of carbonyl (C=O) groups is 1. The Balaban J connectivity index is 2.00. The van der Waals surface area contributed by atoms with Crippen LogP contribution in [-0.4, -0.2) is 18.2 Å². The number of amides is 1. The maximum absolute atomic E-state index is 13.5. The summed E-state index contributed by atoms with van der Waals surface area (Å²) < 4.78 is 125. The molecule has 1 heterocycles. The molecule has 1 unspecified atom stereocenters. The van der Waals surface area contributed by atoms with Crippen molar-refractivity contribution in [3.8, 4) is 0 Å². The van der Waals surface area contributed by atoms with Crippen LogP contribution in [0.5, 0.6) is 0 Å². The minimum atomic E-state index is -5.04. The first-order chi connectivity index (χ1) is 17.3. The molecule has 3 rings (SSSR count). The summed E-state index contributed by atoms with van der Waals surface area (Å²) in [6, 6.07) is 2.91. The Kier molecular flexibility index (Phi) is 8.03. The van der Waals surface area contributed by atoms with Crippen molar-refractivity contribution in [1.29, 1.82) is 0 Å². The van der Waals surface area contributed by atoms with Gasteiger partial charge in [-0.15, -0.1) is 0 Å². The van der Waals surface area contributed by atoms with Crippen molar-refractivity contribution >= 4 is 11.8 Å². The Morgan fingerprint density at radius 1 is 0.868 bits per heavy atom. The number of carbonyl (C=O) groups excluding carboxylic acids is 1. The first kappa shape index (κ1) is 29.6. The zero-order valence-corrected chi connectivity index (χ0v) is 20.5. The lowest BCUT2D eigenvalue weighted by molar-refractivity contribution is -0.143. The molecule has 4 nitrogen and oxygen atoms in total. The Labute approximate surface area is 212 Å². The Bertz CT molecular complexity index is 1130. The molecule has 210 valence electrons. The fourth-order valence-corrected chi connectivity index (χ4v) is 4.07. The first-order valence-electron chi connectivity index (χ1n) is 11.5. The summed E-state index contributed by atoms with van der Waals surface area (Å²) in [7, 11) is 0. The largest absolute Gasteiger partial charge is 0.443 e. The second kappa shape index (κ2) is 10.3. The molecule has 0 aliphatic carbocycles. The highest BCUT2D eigenvalue weighted by Crippen LogP contribution is 2.40. The number of benzene rings is 2. The van der Waals surface area contributed by atoms with E-state index in [2.05, 4.69) is 5.32 Å². The van der Waals surface area contributed by atoms with Crippen LogP contribution in [0.3, 0.4) is 0 Å². The van der Waals surface area contributed by atoms with Gasteiger partial charge < -0.3 is 10.1 Å². The normalized spacial score (nSPS) is 17.2. The van der Waals surface area contributed by atoms with Crippen molar-refractivity contribution in [1.82, 2.24) is 5.32 Å². The van der Waals surface area contributed by atoms with Crippen LogP contribution >= 0.6 is 0 Å². The SMILES string of the molecule is CC(C)(C)OC(=O)N1CCCC(NCc2cc(C(F)(F)F)cc(C(F)(F)F)c2)c2cc(C(F)(F)F)ccc21. The molecular weight excluding hydrogens is 531 g/mol. The van der Waals surface area contributed by atoms with Gasteiger partial charge in [0.25, 0.3) is 0 Å². The third kappa shape index (κ3) is 7.33. The van der Waals surface area contributed by atoms with Crippen molar-refractivity contribution < 1.29 is 49.0 Å². The van der Waals surface area contributed by atoms with E-state index in [-0.39, 0.29) is 42.3 Å². The van der Waals surface area contributed by atoms with E-state index in [4.69, 9.17) is 4.74 Å². The van der Waals surface area contributed by atoms with E-state index < -0.39 is 59.5 Å². The third-order valence-electron chi connectivity index (χ3n) is 5.71. The molecule has 0 radical (unpaired) electrons. The van der Waals surface area contributed by atoms with Gasteiger partial charge in [-0.2, -0.15) is 39.5 Å². The Morgan fingerprint density at radius 2 is 1.42 bits per heavy atom. The van der Waals surface area contributed by atoms with Gasteiger partial charge in [0.05, 0.1) is 22.4 Å². The molecule has 1 atom stereocenters. The summed E-state index contributed by atoms with van der Waals surface area (Å²) in [5, 5.41) is 2.80. The second-order valence-electron chi connectivity index (χ2n) is 9.89. The third-order valence-corrected chi connectivity index (χ3v) is 5.71. The van der Waals surface area contributed by atoms with E-state index in [1.165, 1.54) is 4.90 Å². The van der Waals surface area contributed by atoms with Gasteiger partial charge in [0.1, 0.15) is 5.60 Å². The number of halogens is 9. The molecule has 1 N–H and O–H groups in total. The van der Waals surface area contributed by atoms with Gasteiger partial charge in [-0.25, -0.2) is 4.79 Å². The lowest BCUT2D eigenvalue weighted by Gasteiger charge is -2.28. The smallest absolute Gasteiger partial charge is 0.416 e. The number of hydrogen-bond donors (Lipinski definition) is 1. The van der Waals surface area contributed by atoms with E-state index >= 15 is 0 Å². The van der Waals surface area contributed by atoms with Crippen LogP contribution in [0.1, 0.15) is 67.5 Å². The van der Waals surface area contributed by atoms with Crippen molar-refractivity contribution in [2.24, 2.45) is 0 Å². The molecule has 0 bridgehead atoms. The average Bonchev–Trinajstić information content (AvgIpc) is 2.93. The van der Waals surface area contributed by atoms with Crippen molar-refractivity contribution in [3.63, 3.8) is 0 Å². The second-order valence-corrected chi connectivity index (χ2v) is 9.89. The summed E-state index contributed by atoms with van der Waals surface area (Å²) >= 11 is 0. The van der Waals surface area contributed by atoms with E-state index in [1.807, 2.05) is 0 Å². The molecule has 0 fully saturated rings. The molecule has 1 aliphatic heterocycles. The minimum Gasteiger partial charge on any atom is -0.443 e. The van der Waals surface area contributed by atoms with E-state index in [0.29, 0.717) is 12.1 Å².